The number of benzene rings is 1. The van der Waals surface area contributed by atoms with Crippen molar-refractivity contribution in [3.63, 3.8) is 0 Å². The van der Waals surface area contributed by atoms with Crippen molar-refractivity contribution in [3.8, 4) is 5.75 Å². The van der Waals surface area contributed by atoms with E-state index in [1.807, 2.05) is 24.5 Å². The zero-order chi connectivity index (χ0) is 16.7. The largest absolute Gasteiger partial charge is 0.497 e. The molecule has 2 atom stereocenters. The van der Waals surface area contributed by atoms with Crippen molar-refractivity contribution in [2.45, 2.75) is 31.3 Å². The second-order valence-electron chi connectivity index (χ2n) is 5.88. The van der Waals surface area contributed by atoms with Gasteiger partial charge in [0.25, 0.3) is 0 Å². The summed E-state index contributed by atoms with van der Waals surface area (Å²) in [5.74, 6) is 1.74. The van der Waals surface area contributed by atoms with Gasteiger partial charge in [-0.25, -0.2) is 0 Å². The van der Waals surface area contributed by atoms with Gasteiger partial charge in [0, 0.05) is 30.9 Å². The zero-order valence-corrected chi connectivity index (χ0v) is 16.0. The predicted molar refractivity (Wildman–Crippen MR) is 105 cm³/mol. The molecule has 0 bridgehead atoms. The number of ether oxygens (including phenoxy) is 1. The maximum Gasteiger partial charge on any atom is 0.237 e. The van der Waals surface area contributed by atoms with Crippen LogP contribution in [0.5, 0.6) is 5.75 Å². The Bertz CT molecular complexity index is 518. The van der Waals surface area contributed by atoms with Crippen LogP contribution in [-0.4, -0.2) is 50.2 Å². The molecule has 136 valence electrons. The highest BCUT2D eigenvalue weighted by molar-refractivity contribution is 7.98. The quantitative estimate of drug-likeness (QED) is 0.767. The number of anilines is 1. The fourth-order valence-electron chi connectivity index (χ4n) is 2.82. The molecule has 3 N–H and O–H groups in total. The third kappa shape index (κ3) is 6.07. The zero-order valence-electron chi connectivity index (χ0n) is 14.4. The van der Waals surface area contributed by atoms with Gasteiger partial charge in [0.1, 0.15) is 5.75 Å². The average Bonchev–Trinajstić information content (AvgIpc) is 2.59. The van der Waals surface area contributed by atoms with Crippen molar-refractivity contribution in [1.29, 1.82) is 0 Å². The van der Waals surface area contributed by atoms with E-state index in [0.29, 0.717) is 0 Å². The smallest absolute Gasteiger partial charge is 0.237 e. The van der Waals surface area contributed by atoms with E-state index >= 15 is 0 Å². The normalized spacial score (nSPS) is 18.5. The van der Waals surface area contributed by atoms with Gasteiger partial charge >= 0.3 is 0 Å². The number of hydrogen-bond donors (Lipinski definition) is 2. The highest BCUT2D eigenvalue weighted by Gasteiger charge is 2.23. The number of nitrogens with one attached hydrogen (secondary N) is 1. The number of nitrogens with two attached hydrogens (primary N) is 1. The van der Waals surface area contributed by atoms with Crippen molar-refractivity contribution in [3.05, 3.63) is 24.3 Å². The molecular weight excluding hydrogens is 346 g/mol. The van der Waals surface area contributed by atoms with Gasteiger partial charge in [0.15, 0.2) is 0 Å². The Morgan fingerprint density at radius 1 is 1.54 bits per heavy atom. The van der Waals surface area contributed by atoms with E-state index < -0.39 is 6.04 Å². The number of amides is 1. The number of nitrogens with zero attached hydrogens (tertiary/aromatic N) is 1. The molecule has 1 aliphatic heterocycles. The number of halogens is 1. The summed E-state index contributed by atoms with van der Waals surface area (Å²) in [5, 5.41) is 3.11. The third-order valence-corrected chi connectivity index (χ3v) is 4.80. The summed E-state index contributed by atoms with van der Waals surface area (Å²) in [6, 6.07) is 7.80. The summed E-state index contributed by atoms with van der Waals surface area (Å²) >= 11 is 1.71. The van der Waals surface area contributed by atoms with E-state index in [0.717, 1.165) is 49.5 Å². The lowest BCUT2D eigenvalue weighted by molar-refractivity contribution is -0.123. The van der Waals surface area contributed by atoms with Crippen LogP contribution < -0.4 is 20.7 Å². The molecule has 7 heteroatoms. The fourth-order valence-corrected chi connectivity index (χ4v) is 3.31. The van der Waals surface area contributed by atoms with Crippen LogP contribution in [0.3, 0.4) is 0 Å². The SMILES string of the molecule is COc1cccc(N2CCCC(NC(=O)[C@@H](N)CCSC)C2)c1.Cl. The van der Waals surface area contributed by atoms with Crippen molar-refractivity contribution in [2.24, 2.45) is 5.73 Å². The molecule has 1 aromatic carbocycles. The standard InChI is InChI=1S/C17H27N3O2S.ClH/c1-22-15-7-3-6-14(11-15)20-9-4-5-13(12-20)19-17(21)16(18)8-10-23-2;/h3,6-7,11,13,16H,4-5,8-10,12,18H2,1-2H3,(H,19,21);1H/t13?,16-;/m0./s1. The molecule has 5 nitrogen and oxygen atoms in total. The first-order valence-electron chi connectivity index (χ1n) is 8.08. The molecule has 1 saturated heterocycles. The number of hydrogen-bond acceptors (Lipinski definition) is 5. The van der Waals surface area contributed by atoms with Crippen LogP contribution in [0.15, 0.2) is 24.3 Å². The minimum absolute atomic E-state index is 0. The predicted octanol–water partition coefficient (Wildman–Crippen LogP) is 2.28. The second-order valence-corrected chi connectivity index (χ2v) is 6.87. The molecule has 0 radical (unpaired) electrons. The number of piperidine rings is 1. The van der Waals surface area contributed by atoms with Crippen LogP contribution >= 0.6 is 24.2 Å². The van der Waals surface area contributed by atoms with E-state index in [9.17, 15) is 4.79 Å². The Hall–Kier alpha value is -1.11. The van der Waals surface area contributed by atoms with Crippen LogP contribution in [0.1, 0.15) is 19.3 Å². The van der Waals surface area contributed by atoms with Crippen LogP contribution in [0.2, 0.25) is 0 Å². The van der Waals surface area contributed by atoms with Gasteiger partial charge in [0.05, 0.1) is 13.2 Å². The highest BCUT2D eigenvalue weighted by Crippen LogP contribution is 2.24. The van der Waals surface area contributed by atoms with Crippen molar-refractivity contribution in [1.82, 2.24) is 5.32 Å². The van der Waals surface area contributed by atoms with E-state index in [1.54, 1.807) is 18.9 Å². The van der Waals surface area contributed by atoms with Gasteiger partial charge < -0.3 is 20.7 Å². The summed E-state index contributed by atoms with van der Waals surface area (Å²) in [6.45, 7) is 1.81. The molecule has 1 unspecified atom stereocenters. The maximum absolute atomic E-state index is 12.2. The van der Waals surface area contributed by atoms with Gasteiger partial charge in [0.2, 0.25) is 5.91 Å². The summed E-state index contributed by atoms with van der Waals surface area (Å²) < 4.78 is 5.29. The minimum atomic E-state index is -0.408. The molecular formula is C17H28ClN3O2S. The molecule has 0 aliphatic carbocycles. The van der Waals surface area contributed by atoms with Crippen LogP contribution in [0.4, 0.5) is 5.69 Å². The number of rotatable bonds is 7. The lowest BCUT2D eigenvalue weighted by Crippen LogP contribution is -2.52. The lowest BCUT2D eigenvalue weighted by Gasteiger charge is -2.35. The molecule has 1 aromatic rings. The molecule has 1 heterocycles. The molecule has 24 heavy (non-hydrogen) atoms. The molecule has 1 fully saturated rings. The van der Waals surface area contributed by atoms with Crippen LogP contribution in [-0.2, 0) is 4.79 Å². The van der Waals surface area contributed by atoms with Gasteiger partial charge in [-0.2, -0.15) is 11.8 Å². The van der Waals surface area contributed by atoms with Crippen molar-refractivity contribution in [2.75, 3.05) is 37.1 Å². The first-order valence-corrected chi connectivity index (χ1v) is 9.47. The van der Waals surface area contributed by atoms with Crippen molar-refractivity contribution < 1.29 is 9.53 Å². The Kier molecular flexibility index (Phi) is 9.33. The van der Waals surface area contributed by atoms with Gasteiger partial charge in [-0.05, 0) is 43.4 Å². The first kappa shape index (κ1) is 20.9. The van der Waals surface area contributed by atoms with Gasteiger partial charge in [-0.3, -0.25) is 4.79 Å². The van der Waals surface area contributed by atoms with E-state index in [-0.39, 0.29) is 24.4 Å². The first-order chi connectivity index (χ1) is 11.1. The summed E-state index contributed by atoms with van der Waals surface area (Å²) in [5.41, 5.74) is 7.08. The number of methoxy groups -OCH3 is 1. The third-order valence-electron chi connectivity index (χ3n) is 4.16. The summed E-state index contributed by atoms with van der Waals surface area (Å²) in [6.07, 6.45) is 4.81. The van der Waals surface area contributed by atoms with Crippen LogP contribution in [0.25, 0.3) is 0 Å². The van der Waals surface area contributed by atoms with Gasteiger partial charge in [-0.15, -0.1) is 12.4 Å². The number of carbonyl (C=O) groups excluding carboxylic acids is 1. The monoisotopic (exact) mass is 373 g/mol. The maximum atomic E-state index is 12.2. The average molecular weight is 374 g/mol. The fraction of sp³-hybridized carbons (Fsp3) is 0.588. The molecule has 1 amide bonds. The van der Waals surface area contributed by atoms with E-state index in [1.165, 1.54) is 0 Å². The topological polar surface area (TPSA) is 67.6 Å². The van der Waals surface area contributed by atoms with Crippen molar-refractivity contribution >= 4 is 35.8 Å². The molecule has 0 aromatic heterocycles. The molecule has 0 saturated carbocycles. The van der Waals surface area contributed by atoms with E-state index in [2.05, 4.69) is 16.3 Å². The van der Waals surface area contributed by atoms with Gasteiger partial charge in [-0.1, -0.05) is 6.07 Å². The second kappa shape index (κ2) is 10.7. The van der Waals surface area contributed by atoms with Crippen LogP contribution in [0, 0.1) is 0 Å². The summed E-state index contributed by atoms with van der Waals surface area (Å²) in [4.78, 5) is 14.5. The Morgan fingerprint density at radius 2 is 2.33 bits per heavy atom. The number of thioether (sulfide) groups is 1. The minimum Gasteiger partial charge on any atom is -0.497 e. The summed E-state index contributed by atoms with van der Waals surface area (Å²) in [7, 11) is 1.67. The molecule has 2 rings (SSSR count). The van der Waals surface area contributed by atoms with E-state index in [4.69, 9.17) is 10.5 Å². The Balaban J connectivity index is 0.00000288. The Morgan fingerprint density at radius 3 is 3.04 bits per heavy atom. The lowest BCUT2D eigenvalue weighted by atomic mass is 10.0. The molecule has 0 spiro atoms. The Labute approximate surface area is 155 Å². The molecule has 1 aliphatic rings. The number of carbonyl (C=O) groups is 1. The highest BCUT2D eigenvalue weighted by atomic mass is 35.5.